The molecule has 1 saturated carbocycles. The summed E-state index contributed by atoms with van der Waals surface area (Å²) in [5.41, 5.74) is -2.70. The second kappa shape index (κ2) is 14.7. The molecule has 9 N–H and O–H groups in total. The van der Waals surface area contributed by atoms with Gasteiger partial charge in [-0.05, 0) is 18.8 Å². The summed E-state index contributed by atoms with van der Waals surface area (Å²) in [6.45, 7) is 2.55. The van der Waals surface area contributed by atoms with Crippen LogP contribution in [0.3, 0.4) is 0 Å². The van der Waals surface area contributed by atoms with E-state index in [1.54, 1.807) is 0 Å². The number of hydrogen-bond donors (Lipinski definition) is 9. The molecule has 14 heteroatoms. The van der Waals surface area contributed by atoms with Gasteiger partial charge in [-0.25, -0.2) is 0 Å². The number of unbranched alkanes of at least 4 members (excludes halogenated alkanes) is 1. The average molecular weight is 512 g/mol. The maximum Gasteiger partial charge on any atom is 0.0980 e. The molecule has 1 aliphatic carbocycles. The fourth-order valence-electron chi connectivity index (χ4n) is 3.60. The molecule has 0 aromatic heterocycles. The summed E-state index contributed by atoms with van der Waals surface area (Å²) in [7, 11) is -7.76. The minimum absolute atomic E-state index is 0.0778. The van der Waals surface area contributed by atoms with Crippen LogP contribution in [0.25, 0.3) is 0 Å². The summed E-state index contributed by atoms with van der Waals surface area (Å²) in [6, 6.07) is 0. The standard InChI is InChI=1S/C10H20O5.C8H22O7P2/c11-4-8-2-1-3-10(15,7-14)9(8,5-12)6-13;1-3-5-6-13-7-8-14-17(11,12,4-2)15-16(9)10/h8,11-15H,1-7H2;9-12H,3-8H2,1-2H3. The summed E-state index contributed by atoms with van der Waals surface area (Å²) < 4.78 is 14.4. The fraction of sp³-hybridized carbons (Fsp3) is 1.00. The van der Waals surface area contributed by atoms with E-state index in [0.717, 1.165) is 12.8 Å². The third-order valence-electron chi connectivity index (χ3n) is 5.90. The predicted molar refractivity (Wildman–Crippen MR) is 119 cm³/mol. The van der Waals surface area contributed by atoms with Gasteiger partial charge in [0.25, 0.3) is 0 Å². The Morgan fingerprint density at radius 1 is 0.969 bits per heavy atom. The van der Waals surface area contributed by atoms with Gasteiger partial charge < -0.3 is 25.5 Å². The molecule has 0 bridgehead atoms. The van der Waals surface area contributed by atoms with E-state index in [9.17, 15) is 35.3 Å². The number of ether oxygens (including phenoxy) is 1. The van der Waals surface area contributed by atoms with Crippen LogP contribution in [0.15, 0.2) is 0 Å². The Hall–Kier alpha value is 0.380. The third kappa shape index (κ3) is 9.20. The third-order valence-corrected chi connectivity index (χ3v) is 9.58. The van der Waals surface area contributed by atoms with Gasteiger partial charge >= 0.3 is 102 Å². The molecule has 0 aromatic rings. The molecule has 0 aromatic carbocycles. The Morgan fingerprint density at radius 3 is 2.03 bits per heavy atom. The van der Waals surface area contributed by atoms with Crippen molar-refractivity contribution in [2.75, 3.05) is 52.4 Å². The SMILES string of the molecule is CCCCOCCOP(O)(O)(CC)OP(O)O.OCC1CCCC(O)(CO)C1(CO)CO. The number of aliphatic hydroxyl groups is 5. The molecular formula is C18H42O12P2. The number of rotatable bonds is 14. The Bertz CT molecular complexity index is 506. The van der Waals surface area contributed by atoms with Gasteiger partial charge in [-0.2, -0.15) is 0 Å². The van der Waals surface area contributed by atoms with Crippen LogP contribution in [0.2, 0.25) is 0 Å². The van der Waals surface area contributed by atoms with Crippen molar-refractivity contribution in [2.45, 2.75) is 51.6 Å². The van der Waals surface area contributed by atoms with Crippen LogP contribution in [-0.2, 0) is 13.6 Å². The number of hydrogen-bond acceptors (Lipinski definition) is 12. The minimum atomic E-state index is -4.88. The molecule has 196 valence electrons. The van der Waals surface area contributed by atoms with E-state index >= 15 is 0 Å². The topological polar surface area (TPSA) is 210 Å². The molecule has 0 heterocycles. The molecule has 1 fully saturated rings. The van der Waals surface area contributed by atoms with Crippen LogP contribution < -0.4 is 0 Å². The summed E-state index contributed by atoms with van der Waals surface area (Å²) >= 11 is 0. The van der Waals surface area contributed by atoms with Crippen molar-refractivity contribution in [1.29, 1.82) is 0 Å². The van der Waals surface area contributed by atoms with E-state index < -0.39 is 47.0 Å². The van der Waals surface area contributed by atoms with Crippen molar-refractivity contribution < 1.29 is 58.7 Å². The molecule has 0 saturated heterocycles. The van der Waals surface area contributed by atoms with Gasteiger partial charge in [0.15, 0.2) is 0 Å². The van der Waals surface area contributed by atoms with Gasteiger partial charge in [-0.1, -0.05) is 6.42 Å². The van der Waals surface area contributed by atoms with E-state index in [1.165, 1.54) is 6.92 Å². The van der Waals surface area contributed by atoms with Crippen LogP contribution >= 0.6 is 16.1 Å². The molecule has 32 heavy (non-hydrogen) atoms. The molecular weight excluding hydrogens is 470 g/mol. The first-order chi connectivity index (χ1) is 14.9. The van der Waals surface area contributed by atoms with Crippen LogP contribution in [0.4, 0.5) is 0 Å². The maximum absolute atomic E-state index is 10.2. The van der Waals surface area contributed by atoms with Crippen molar-refractivity contribution in [3.63, 3.8) is 0 Å². The molecule has 1 rings (SSSR count). The first-order valence-corrected chi connectivity index (χ1v) is 14.0. The predicted octanol–water partition coefficient (Wildman–Crippen LogP) is -0.261. The van der Waals surface area contributed by atoms with Crippen LogP contribution in [0, 0.1) is 11.3 Å². The first-order valence-electron chi connectivity index (χ1n) is 10.7. The Labute approximate surface area is 190 Å². The Kier molecular flexibility index (Phi) is 14.9. The van der Waals surface area contributed by atoms with Crippen molar-refractivity contribution in [3.05, 3.63) is 0 Å². The van der Waals surface area contributed by atoms with Gasteiger partial charge in [0, 0.05) is 6.61 Å². The van der Waals surface area contributed by atoms with E-state index in [-0.39, 0.29) is 31.9 Å². The Balaban J connectivity index is 0.000000604. The second-order valence-corrected chi connectivity index (χ2v) is 12.0. The van der Waals surface area contributed by atoms with E-state index in [1.807, 2.05) is 6.92 Å². The van der Waals surface area contributed by atoms with Gasteiger partial charge in [0.05, 0.1) is 30.8 Å². The van der Waals surface area contributed by atoms with E-state index in [2.05, 4.69) is 4.31 Å². The van der Waals surface area contributed by atoms with Gasteiger partial charge in [-0.15, -0.1) is 0 Å². The largest absolute Gasteiger partial charge is 0.396 e. The smallest absolute Gasteiger partial charge is 0.0980 e. The van der Waals surface area contributed by atoms with Crippen LogP contribution in [0.1, 0.15) is 46.0 Å². The van der Waals surface area contributed by atoms with E-state index in [0.29, 0.717) is 25.9 Å². The van der Waals surface area contributed by atoms with Gasteiger partial charge in [0.2, 0.25) is 0 Å². The zero-order valence-electron chi connectivity index (χ0n) is 18.9. The van der Waals surface area contributed by atoms with Crippen LogP contribution in [0.5, 0.6) is 0 Å². The molecule has 0 amide bonds. The van der Waals surface area contributed by atoms with Crippen molar-refractivity contribution in [3.8, 4) is 0 Å². The second-order valence-electron chi connectivity index (χ2n) is 7.92. The summed E-state index contributed by atoms with van der Waals surface area (Å²) in [5.74, 6) is -0.376. The molecule has 0 radical (unpaired) electrons. The molecule has 1 aliphatic rings. The molecule has 2 atom stereocenters. The number of aliphatic hydroxyl groups excluding tert-OH is 4. The van der Waals surface area contributed by atoms with Crippen LogP contribution in [-0.4, -0.2) is 103 Å². The monoisotopic (exact) mass is 512 g/mol. The summed E-state index contributed by atoms with van der Waals surface area (Å²) in [6.07, 6.45) is 3.33. The van der Waals surface area contributed by atoms with E-state index in [4.69, 9.17) is 19.0 Å². The zero-order chi connectivity index (χ0) is 24.9. The molecule has 0 spiro atoms. The molecule has 0 aliphatic heterocycles. The summed E-state index contributed by atoms with van der Waals surface area (Å²) in [5, 5.41) is 47.4. The average Bonchev–Trinajstić information content (AvgIpc) is 2.76. The summed E-state index contributed by atoms with van der Waals surface area (Å²) in [4.78, 5) is 36.8. The Morgan fingerprint density at radius 2 is 1.59 bits per heavy atom. The van der Waals surface area contributed by atoms with Crippen molar-refractivity contribution in [2.24, 2.45) is 11.3 Å². The minimum Gasteiger partial charge on any atom is -0.396 e. The fourth-order valence-corrected chi connectivity index (χ4v) is 6.05. The van der Waals surface area contributed by atoms with Gasteiger partial charge in [-0.3, -0.25) is 0 Å². The normalized spacial score (nSPS) is 24.5. The molecule has 12 nitrogen and oxygen atoms in total. The van der Waals surface area contributed by atoms with Crippen molar-refractivity contribution in [1.82, 2.24) is 0 Å². The van der Waals surface area contributed by atoms with Gasteiger partial charge in [0.1, 0.15) is 0 Å². The first kappa shape index (κ1) is 32.4. The quantitative estimate of drug-likeness (QED) is 0.109. The van der Waals surface area contributed by atoms with Crippen molar-refractivity contribution >= 4 is 16.1 Å². The molecule has 2 unspecified atom stereocenters. The zero-order valence-corrected chi connectivity index (χ0v) is 20.7. The maximum atomic E-state index is 10.2.